The van der Waals surface area contributed by atoms with Crippen LogP contribution in [0.25, 0.3) is 0 Å². The summed E-state index contributed by atoms with van der Waals surface area (Å²) in [5.74, 6) is 0.841. The Kier molecular flexibility index (Phi) is 7.08. The van der Waals surface area contributed by atoms with E-state index in [1.54, 1.807) is 18.2 Å². The molecule has 1 heterocycles. The van der Waals surface area contributed by atoms with Crippen LogP contribution in [-0.4, -0.2) is 29.3 Å². The molecule has 0 aliphatic heterocycles. The zero-order valence-corrected chi connectivity index (χ0v) is 17.3. The Labute approximate surface area is 176 Å². The van der Waals surface area contributed by atoms with Gasteiger partial charge in [0.05, 0.1) is 11.6 Å². The summed E-state index contributed by atoms with van der Waals surface area (Å²) in [6.45, 7) is 2.29. The summed E-state index contributed by atoms with van der Waals surface area (Å²) in [6, 6.07) is 12.6. The van der Waals surface area contributed by atoms with E-state index in [4.69, 9.17) is 32.7 Å². The number of carbonyl (C=O) groups excluding carboxylic acids is 1. The smallest absolute Gasteiger partial charge is 0.264 e. The molecule has 0 radical (unpaired) electrons. The number of carbonyl (C=O) groups is 1. The molecule has 1 N–H and O–H groups in total. The maximum Gasteiger partial charge on any atom is 0.264 e. The number of anilines is 1. The second-order valence-electron chi connectivity index (χ2n) is 5.83. The molecule has 0 fully saturated rings. The van der Waals surface area contributed by atoms with Crippen molar-refractivity contribution in [1.82, 2.24) is 10.2 Å². The lowest BCUT2D eigenvalue weighted by atomic mass is 10.2. The van der Waals surface area contributed by atoms with E-state index in [0.29, 0.717) is 34.0 Å². The van der Waals surface area contributed by atoms with Crippen LogP contribution in [-0.2, 0) is 11.2 Å². The molecule has 0 unspecified atom stereocenters. The molecule has 2 aromatic carbocycles. The number of ether oxygens (including phenoxy) is 2. The molecule has 6 nitrogen and oxygen atoms in total. The largest absolute Gasteiger partial charge is 0.493 e. The van der Waals surface area contributed by atoms with E-state index in [1.807, 2.05) is 31.2 Å². The van der Waals surface area contributed by atoms with Crippen LogP contribution in [0.15, 0.2) is 42.5 Å². The number of nitrogens with zero attached hydrogens (tertiary/aromatic N) is 2. The summed E-state index contributed by atoms with van der Waals surface area (Å²) >= 11 is 13.1. The Bertz CT molecular complexity index is 965. The van der Waals surface area contributed by atoms with E-state index in [9.17, 15) is 4.79 Å². The minimum atomic E-state index is -0.357. The third-order valence-electron chi connectivity index (χ3n) is 3.54. The Balaban J connectivity index is 1.44. The quantitative estimate of drug-likeness (QED) is 0.548. The molecule has 1 amide bonds. The molecule has 146 valence electrons. The summed E-state index contributed by atoms with van der Waals surface area (Å²) in [6.07, 6.45) is 0.596. The van der Waals surface area contributed by atoms with Crippen molar-refractivity contribution in [3.8, 4) is 11.5 Å². The van der Waals surface area contributed by atoms with Gasteiger partial charge in [0.25, 0.3) is 5.91 Å². The van der Waals surface area contributed by atoms with Gasteiger partial charge in [0, 0.05) is 11.4 Å². The molecule has 0 aliphatic rings. The van der Waals surface area contributed by atoms with Gasteiger partial charge in [-0.25, -0.2) is 0 Å². The molecule has 3 rings (SSSR count). The molecule has 0 atom stereocenters. The van der Waals surface area contributed by atoms with Crippen molar-refractivity contribution >= 4 is 45.6 Å². The molecule has 0 saturated heterocycles. The highest BCUT2D eigenvalue weighted by molar-refractivity contribution is 7.15. The van der Waals surface area contributed by atoms with Crippen molar-refractivity contribution in [2.24, 2.45) is 0 Å². The first-order chi connectivity index (χ1) is 13.5. The normalized spacial score (nSPS) is 10.5. The van der Waals surface area contributed by atoms with E-state index in [-0.39, 0.29) is 12.5 Å². The van der Waals surface area contributed by atoms with Crippen molar-refractivity contribution in [3.05, 3.63) is 63.1 Å². The predicted octanol–water partition coefficient (Wildman–Crippen LogP) is 4.79. The predicted molar refractivity (Wildman–Crippen MR) is 111 cm³/mol. The van der Waals surface area contributed by atoms with Crippen LogP contribution in [0.1, 0.15) is 10.6 Å². The minimum absolute atomic E-state index is 0.202. The van der Waals surface area contributed by atoms with Crippen molar-refractivity contribution in [2.75, 3.05) is 18.5 Å². The van der Waals surface area contributed by atoms with E-state index in [0.717, 1.165) is 16.3 Å². The highest BCUT2D eigenvalue weighted by Crippen LogP contribution is 2.27. The number of hydrogen-bond acceptors (Lipinski definition) is 6. The third-order valence-corrected chi connectivity index (χ3v) is 4.97. The van der Waals surface area contributed by atoms with Crippen LogP contribution in [0.2, 0.25) is 10.0 Å². The van der Waals surface area contributed by atoms with Gasteiger partial charge in [-0.05, 0) is 42.8 Å². The topological polar surface area (TPSA) is 73.3 Å². The number of nitrogens with one attached hydrogen (secondary N) is 1. The zero-order valence-electron chi connectivity index (χ0n) is 14.9. The second-order valence-corrected chi connectivity index (χ2v) is 7.73. The first-order valence-corrected chi connectivity index (χ1v) is 9.96. The van der Waals surface area contributed by atoms with Gasteiger partial charge < -0.3 is 9.47 Å². The zero-order chi connectivity index (χ0) is 19.9. The van der Waals surface area contributed by atoms with E-state index >= 15 is 0 Å². The molecular formula is C19H17Cl2N3O3S. The van der Waals surface area contributed by atoms with Gasteiger partial charge >= 0.3 is 0 Å². The molecular weight excluding hydrogens is 421 g/mol. The SMILES string of the molecule is Cc1cccc(OCCc2nnc(NC(=O)COc3ccc(Cl)cc3Cl)s2)c1. The summed E-state index contributed by atoms with van der Waals surface area (Å²) in [7, 11) is 0. The molecule has 0 aliphatic carbocycles. The number of amides is 1. The fourth-order valence-corrected chi connectivity index (χ4v) is 3.46. The van der Waals surface area contributed by atoms with Crippen LogP contribution < -0.4 is 14.8 Å². The molecule has 9 heteroatoms. The Morgan fingerprint density at radius 2 is 2.00 bits per heavy atom. The van der Waals surface area contributed by atoms with Crippen LogP contribution in [0, 0.1) is 6.92 Å². The number of rotatable bonds is 8. The monoisotopic (exact) mass is 437 g/mol. The number of halogens is 2. The van der Waals surface area contributed by atoms with Gasteiger partial charge in [0.1, 0.15) is 16.5 Å². The number of benzene rings is 2. The summed E-state index contributed by atoms with van der Waals surface area (Å²) in [5.41, 5.74) is 1.14. The average molecular weight is 438 g/mol. The first-order valence-electron chi connectivity index (χ1n) is 8.39. The lowest BCUT2D eigenvalue weighted by Gasteiger charge is -2.07. The van der Waals surface area contributed by atoms with Crippen LogP contribution >= 0.6 is 34.5 Å². The fourth-order valence-electron chi connectivity index (χ4n) is 2.26. The number of aromatic nitrogens is 2. The summed E-state index contributed by atoms with van der Waals surface area (Å²) < 4.78 is 11.1. The fraction of sp³-hybridized carbons (Fsp3) is 0.211. The van der Waals surface area contributed by atoms with Gasteiger partial charge in [-0.15, -0.1) is 10.2 Å². The van der Waals surface area contributed by atoms with Gasteiger partial charge in [-0.3, -0.25) is 10.1 Å². The van der Waals surface area contributed by atoms with Crippen LogP contribution in [0.3, 0.4) is 0 Å². The first kappa shape index (κ1) is 20.4. The standard InChI is InChI=1S/C19H17Cl2N3O3S/c1-12-3-2-4-14(9-12)26-8-7-18-23-24-19(28-18)22-17(25)11-27-16-6-5-13(20)10-15(16)21/h2-6,9-10H,7-8,11H2,1H3,(H,22,24,25). The molecule has 3 aromatic rings. The van der Waals surface area contributed by atoms with Gasteiger partial charge in [0.15, 0.2) is 6.61 Å². The molecule has 1 aromatic heterocycles. The van der Waals surface area contributed by atoms with Gasteiger partial charge in [-0.1, -0.05) is 46.7 Å². The van der Waals surface area contributed by atoms with Crippen LogP contribution in [0.4, 0.5) is 5.13 Å². The molecule has 28 heavy (non-hydrogen) atoms. The van der Waals surface area contributed by atoms with Crippen molar-refractivity contribution in [3.63, 3.8) is 0 Å². The molecule has 0 spiro atoms. The van der Waals surface area contributed by atoms with E-state index < -0.39 is 0 Å². The second kappa shape index (κ2) is 9.73. The highest BCUT2D eigenvalue weighted by Gasteiger charge is 2.10. The van der Waals surface area contributed by atoms with E-state index in [1.165, 1.54) is 11.3 Å². The number of aryl methyl sites for hydroxylation is 1. The third kappa shape index (κ3) is 6.09. The summed E-state index contributed by atoms with van der Waals surface area (Å²) in [4.78, 5) is 12.0. The van der Waals surface area contributed by atoms with Crippen molar-refractivity contribution in [2.45, 2.75) is 13.3 Å². The van der Waals surface area contributed by atoms with Crippen molar-refractivity contribution < 1.29 is 14.3 Å². The van der Waals surface area contributed by atoms with Crippen molar-refractivity contribution in [1.29, 1.82) is 0 Å². The van der Waals surface area contributed by atoms with Gasteiger partial charge in [-0.2, -0.15) is 0 Å². The Morgan fingerprint density at radius 1 is 1.14 bits per heavy atom. The molecule has 0 saturated carbocycles. The average Bonchev–Trinajstić information content (AvgIpc) is 3.08. The maximum absolute atomic E-state index is 12.0. The Morgan fingerprint density at radius 3 is 2.79 bits per heavy atom. The summed E-state index contributed by atoms with van der Waals surface area (Å²) in [5, 5.41) is 12.7. The minimum Gasteiger partial charge on any atom is -0.493 e. The lowest BCUT2D eigenvalue weighted by Crippen LogP contribution is -2.20. The van der Waals surface area contributed by atoms with Gasteiger partial charge in [0.2, 0.25) is 5.13 Å². The maximum atomic E-state index is 12.0. The number of hydrogen-bond donors (Lipinski definition) is 1. The van der Waals surface area contributed by atoms with E-state index in [2.05, 4.69) is 15.5 Å². The molecule has 0 bridgehead atoms. The lowest BCUT2D eigenvalue weighted by molar-refractivity contribution is -0.118. The highest BCUT2D eigenvalue weighted by atomic mass is 35.5. The van der Waals surface area contributed by atoms with Crippen LogP contribution in [0.5, 0.6) is 11.5 Å². The Hall–Kier alpha value is -2.35.